The fourth-order valence-corrected chi connectivity index (χ4v) is 4.62. The summed E-state index contributed by atoms with van der Waals surface area (Å²) in [4.78, 5) is 12.9. The number of allylic oxidation sites excluding steroid dienone is 1. The molecule has 8 nitrogen and oxygen atoms in total. The summed E-state index contributed by atoms with van der Waals surface area (Å²) < 4.78 is 7.97. The Kier molecular flexibility index (Phi) is 7.31. The Morgan fingerprint density at radius 3 is 2.69 bits per heavy atom. The fraction of sp³-hybridized carbons (Fsp3) is 0.304. The number of rotatable bonds is 9. The molecule has 32 heavy (non-hydrogen) atoms. The Labute approximate surface area is 191 Å². The van der Waals surface area contributed by atoms with Crippen LogP contribution in [-0.2, 0) is 17.8 Å². The van der Waals surface area contributed by atoms with Crippen molar-refractivity contribution >= 4 is 17.4 Å². The molecule has 2 aromatic carbocycles. The van der Waals surface area contributed by atoms with Crippen LogP contribution >= 0.6 is 11.8 Å². The molecule has 0 radical (unpaired) electrons. The van der Waals surface area contributed by atoms with Crippen molar-refractivity contribution in [3.05, 3.63) is 82.9 Å². The number of aromatic nitrogens is 3. The van der Waals surface area contributed by atoms with E-state index >= 15 is 0 Å². The number of nitro groups is 1. The van der Waals surface area contributed by atoms with Crippen LogP contribution < -0.4 is 0 Å². The molecule has 1 atom stereocenters. The number of nitrogens with zero attached hydrogens (tertiary/aromatic N) is 5. The summed E-state index contributed by atoms with van der Waals surface area (Å²) in [6.07, 6.45) is 1.90. The van der Waals surface area contributed by atoms with Crippen molar-refractivity contribution in [3.8, 4) is 11.4 Å². The number of thioether (sulfide) groups is 1. The van der Waals surface area contributed by atoms with E-state index in [1.165, 1.54) is 17.7 Å². The van der Waals surface area contributed by atoms with Gasteiger partial charge in [0.25, 0.3) is 5.69 Å². The van der Waals surface area contributed by atoms with E-state index in [1.54, 1.807) is 30.0 Å². The summed E-state index contributed by atoms with van der Waals surface area (Å²) in [6, 6.07) is 16.8. The van der Waals surface area contributed by atoms with Crippen LogP contribution in [0, 0.1) is 10.1 Å². The summed E-state index contributed by atoms with van der Waals surface area (Å²) in [5.41, 5.74) is 2.13. The van der Waals surface area contributed by atoms with Crippen molar-refractivity contribution < 1.29 is 9.66 Å². The van der Waals surface area contributed by atoms with Gasteiger partial charge in [-0.1, -0.05) is 48.2 Å². The summed E-state index contributed by atoms with van der Waals surface area (Å²) >= 11 is 1.61. The molecule has 9 heteroatoms. The fourth-order valence-electron chi connectivity index (χ4n) is 3.67. The molecule has 3 aromatic rings. The topological polar surface area (TPSA) is 86.3 Å². The van der Waals surface area contributed by atoms with E-state index in [1.807, 2.05) is 10.6 Å². The molecule has 166 valence electrons. The molecular formula is C23H25N5O3S. The van der Waals surface area contributed by atoms with Gasteiger partial charge in [-0.15, -0.1) is 16.8 Å². The molecule has 2 heterocycles. The van der Waals surface area contributed by atoms with Gasteiger partial charge in [0.1, 0.15) is 0 Å². The average Bonchev–Trinajstić information content (AvgIpc) is 3.21. The van der Waals surface area contributed by atoms with Crippen LogP contribution in [0.1, 0.15) is 5.56 Å². The van der Waals surface area contributed by atoms with Gasteiger partial charge in [-0.05, 0) is 17.7 Å². The SMILES string of the molecule is C=CCn1c(SC[C@@H]2CN(Cc3ccccc3)CCO2)nnc1-c1ccc([N+](=O)[O-])cc1. The number of hydrogen-bond acceptors (Lipinski definition) is 7. The first-order valence-electron chi connectivity index (χ1n) is 10.4. The molecule has 0 saturated carbocycles. The van der Waals surface area contributed by atoms with Crippen molar-refractivity contribution in [1.82, 2.24) is 19.7 Å². The van der Waals surface area contributed by atoms with Gasteiger partial charge in [0.15, 0.2) is 11.0 Å². The number of benzene rings is 2. The molecule has 1 fully saturated rings. The molecule has 4 rings (SSSR count). The summed E-state index contributed by atoms with van der Waals surface area (Å²) in [7, 11) is 0. The largest absolute Gasteiger partial charge is 0.375 e. The molecule has 1 aliphatic rings. The second-order valence-electron chi connectivity index (χ2n) is 7.53. The first-order valence-corrected chi connectivity index (χ1v) is 11.4. The second kappa shape index (κ2) is 10.5. The molecule has 0 bridgehead atoms. The number of hydrogen-bond donors (Lipinski definition) is 0. The van der Waals surface area contributed by atoms with Gasteiger partial charge in [-0.25, -0.2) is 0 Å². The highest BCUT2D eigenvalue weighted by atomic mass is 32.2. The minimum absolute atomic E-state index is 0.0487. The van der Waals surface area contributed by atoms with Crippen molar-refractivity contribution in [1.29, 1.82) is 0 Å². The second-order valence-corrected chi connectivity index (χ2v) is 8.52. The third kappa shape index (κ3) is 5.42. The third-order valence-electron chi connectivity index (χ3n) is 5.24. The van der Waals surface area contributed by atoms with Crippen LogP contribution in [0.4, 0.5) is 5.69 Å². The van der Waals surface area contributed by atoms with Gasteiger partial charge in [-0.2, -0.15) is 0 Å². The van der Waals surface area contributed by atoms with Gasteiger partial charge in [-0.3, -0.25) is 19.6 Å². The van der Waals surface area contributed by atoms with Crippen molar-refractivity contribution in [2.45, 2.75) is 24.3 Å². The zero-order chi connectivity index (χ0) is 22.3. The Bertz CT molecular complexity index is 1060. The smallest absolute Gasteiger partial charge is 0.269 e. The van der Waals surface area contributed by atoms with E-state index in [9.17, 15) is 10.1 Å². The first-order chi connectivity index (χ1) is 15.6. The molecule has 0 spiro atoms. The van der Waals surface area contributed by atoms with Crippen molar-refractivity contribution in [2.24, 2.45) is 0 Å². The minimum atomic E-state index is -0.412. The molecule has 1 saturated heterocycles. The van der Waals surface area contributed by atoms with Crippen molar-refractivity contribution in [3.63, 3.8) is 0 Å². The lowest BCUT2D eigenvalue weighted by Crippen LogP contribution is -2.43. The van der Waals surface area contributed by atoms with E-state index < -0.39 is 4.92 Å². The minimum Gasteiger partial charge on any atom is -0.375 e. The van der Waals surface area contributed by atoms with Gasteiger partial charge in [0.05, 0.1) is 17.6 Å². The number of nitro benzene ring substituents is 1. The Balaban J connectivity index is 1.41. The van der Waals surface area contributed by atoms with Crippen LogP contribution in [0.25, 0.3) is 11.4 Å². The Morgan fingerprint density at radius 1 is 1.19 bits per heavy atom. The maximum atomic E-state index is 10.9. The summed E-state index contributed by atoms with van der Waals surface area (Å²) in [5, 5.41) is 20.4. The number of ether oxygens (including phenoxy) is 1. The highest BCUT2D eigenvalue weighted by Gasteiger charge is 2.22. The lowest BCUT2D eigenvalue weighted by Gasteiger charge is -2.32. The predicted molar refractivity (Wildman–Crippen MR) is 124 cm³/mol. The maximum Gasteiger partial charge on any atom is 0.269 e. The zero-order valence-electron chi connectivity index (χ0n) is 17.7. The highest BCUT2D eigenvalue weighted by Crippen LogP contribution is 2.27. The quantitative estimate of drug-likeness (QED) is 0.210. The summed E-state index contributed by atoms with van der Waals surface area (Å²) in [6.45, 7) is 7.82. The van der Waals surface area contributed by atoms with Gasteiger partial charge >= 0.3 is 0 Å². The van der Waals surface area contributed by atoms with Crippen LogP contribution in [0.15, 0.2) is 72.4 Å². The van der Waals surface area contributed by atoms with Crippen LogP contribution in [0.3, 0.4) is 0 Å². The Hall–Kier alpha value is -3.01. The van der Waals surface area contributed by atoms with Crippen molar-refractivity contribution in [2.75, 3.05) is 25.4 Å². The standard InChI is InChI=1S/C23H25N5O3S/c1-2-12-27-22(19-8-10-20(11-9-19)28(29)30)24-25-23(27)32-17-21-16-26(13-14-31-21)15-18-6-4-3-5-7-18/h2-11,21H,1,12-17H2/t21-/m0/s1. The third-order valence-corrected chi connectivity index (χ3v) is 6.33. The monoisotopic (exact) mass is 451 g/mol. The Morgan fingerprint density at radius 2 is 1.97 bits per heavy atom. The molecule has 0 unspecified atom stereocenters. The zero-order valence-corrected chi connectivity index (χ0v) is 18.5. The molecule has 0 N–H and O–H groups in total. The molecule has 1 aromatic heterocycles. The lowest BCUT2D eigenvalue weighted by molar-refractivity contribution is -0.384. The van der Waals surface area contributed by atoms with Gasteiger partial charge < -0.3 is 4.74 Å². The normalized spacial score (nSPS) is 16.7. The van der Waals surface area contributed by atoms with Crippen LogP contribution in [-0.4, -0.2) is 56.1 Å². The van der Waals surface area contributed by atoms with E-state index in [0.29, 0.717) is 19.0 Å². The molecule has 0 amide bonds. The first kappa shape index (κ1) is 22.2. The van der Waals surface area contributed by atoms with E-state index in [4.69, 9.17) is 4.74 Å². The van der Waals surface area contributed by atoms with E-state index in [2.05, 4.69) is 45.9 Å². The molecule has 1 aliphatic heterocycles. The van der Waals surface area contributed by atoms with Crippen LogP contribution in [0.5, 0.6) is 0 Å². The van der Waals surface area contributed by atoms with E-state index in [0.717, 1.165) is 36.1 Å². The predicted octanol–water partition coefficient (Wildman–Crippen LogP) is 4.03. The maximum absolute atomic E-state index is 10.9. The number of morpholine rings is 1. The van der Waals surface area contributed by atoms with Gasteiger partial charge in [0.2, 0.25) is 0 Å². The average molecular weight is 452 g/mol. The number of non-ortho nitro benzene ring substituents is 1. The highest BCUT2D eigenvalue weighted by molar-refractivity contribution is 7.99. The van der Waals surface area contributed by atoms with Crippen LogP contribution in [0.2, 0.25) is 0 Å². The lowest BCUT2D eigenvalue weighted by atomic mass is 10.2. The van der Waals surface area contributed by atoms with E-state index in [-0.39, 0.29) is 11.8 Å². The summed E-state index contributed by atoms with van der Waals surface area (Å²) in [5.74, 6) is 1.43. The van der Waals surface area contributed by atoms with Gasteiger partial charge in [0, 0.05) is 49.6 Å². The molecule has 0 aliphatic carbocycles. The molecular weight excluding hydrogens is 426 g/mol.